The van der Waals surface area contributed by atoms with Crippen molar-refractivity contribution >= 4 is 29.3 Å². The number of halogens is 1. The summed E-state index contributed by atoms with van der Waals surface area (Å²) in [5, 5.41) is 15.7. The van der Waals surface area contributed by atoms with Crippen LogP contribution < -0.4 is 25.2 Å². The highest BCUT2D eigenvalue weighted by atomic mass is 19.1. The molecule has 37 heavy (non-hydrogen) atoms. The molecule has 1 saturated heterocycles. The molecule has 2 aliphatic heterocycles. The first-order valence-corrected chi connectivity index (χ1v) is 11.9. The molecular formula is C26H30FN5O5. The van der Waals surface area contributed by atoms with E-state index in [1.807, 2.05) is 0 Å². The number of aliphatic hydroxyl groups excluding tert-OH is 1. The molecule has 0 bridgehead atoms. The second kappa shape index (κ2) is 11.4. The van der Waals surface area contributed by atoms with Gasteiger partial charge in [-0.2, -0.15) is 0 Å². The van der Waals surface area contributed by atoms with Crippen molar-refractivity contribution in [1.82, 2.24) is 10.3 Å². The maximum absolute atomic E-state index is 14.8. The van der Waals surface area contributed by atoms with Crippen LogP contribution in [-0.2, 0) is 16.0 Å². The molecule has 3 heterocycles. The molecule has 2 amide bonds. The van der Waals surface area contributed by atoms with Crippen molar-refractivity contribution < 1.29 is 28.6 Å². The summed E-state index contributed by atoms with van der Waals surface area (Å²) in [6.07, 6.45) is 0.476. The predicted molar refractivity (Wildman–Crippen MR) is 137 cm³/mol. The summed E-state index contributed by atoms with van der Waals surface area (Å²) in [6.45, 7) is 10.2. The molecule has 10 nitrogen and oxygen atoms in total. The van der Waals surface area contributed by atoms with Gasteiger partial charge in [0, 0.05) is 24.4 Å². The van der Waals surface area contributed by atoms with Crippen molar-refractivity contribution in [3.05, 3.63) is 66.1 Å². The highest BCUT2D eigenvalue weighted by Gasteiger charge is 2.33. The Morgan fingerprint density at radius 1 is 1.41 bits per heavy atom. The van der Waals surface area contributed by atoms with Crippen LogP contribution in [0.4, 0.5) is 26.5 Å². The molecule has 1 aromatic heterocycles. The Balaban J connectivity index is 1.37. The molecule has 1 fully saturated rings. The summed E-state index contributed by atoms with van der Waals surface area (Å²) in [4.78, 5) is 32.1. The zero-order valence-electron chi connectivity index (χ0n) is 20.6. The molecule has 1 aromatic carbocycles. The van der Waals surface area contributed by atoms with Crippen LogP contribution in [0.5, 0.6) is 5.75 Å². The monoisotopic (exact) mass is 511 g/mol. The molecule has 0 spiro atoms. The number of aryl methyl sites for hydroxylation is 1. The normalized spacial score (nSPS) is 16.5. The van der Waals surface area contributed by atoms with Crippen molar-refractivity contribution in [3.63, 3.8) is 0 Å². The van der Waals surface area contributed by atoms with Crippen LogP contribution in [0.3, 0.4) is 0 Å². The Bertz CT molecular complexity index is 1220. The highest BCUT2D eigenvalue weighted by molar-refractivity contribution is 6.02. The number of anilines is 3. The predicted octanol–water partition coefficient (Wildman–Crippen LogP) is 2.52. The number of nitrogens with zero attached hydrogens (tertiary/aromatic N) is 3. The number of aromatic nitrogens is 1. The Kier molecular flexibility index (Phi) is 8.04. The van der Waals surface area contributed by atoms with Gasteiger partial charge < -0.3 is 30.1 Å². The minimum absolute atomic E-state index is 0.0237. The molecule has 0 unspecified atom stereocenters. The van der Waals surface area contributed by atoms with E-state index in [0.717, 1.165) is 6.08 Å². The fourth-order valence-corrected chi connectivity index (χ4v) is 4.34. The number of aliphatic hydroxyl groups is 1. The van der Waals surface area contributed by atoms with Gasteiger partial charge in [-0.05, 0) is 49.7 Å². The van der Waals surface area contributed by atoms with Gasteiger partial charge in [0.2, 0.25) is 5.91 Å². The molecule has 1 atom stereocenters. The molecule has 2 aliphatic rings. The van der Waals surface area contributed by atoms with E-state index in [-0.39, 0.29) is 19.6 Å². The molecule has 4 rings (SSSR count). The van der Waals surface area contributed by atoms with Crippen LogP contribution in [0.25, 0.3) is 0 Å². The number of hydrogen-bond acceptors (Lipinski definition) is 8. The second-order valence-corrected chi connectivity index (χ2v) is 8.71. The van der Waals surface area contributed by atoms with E-state index in [9.17, 15) is 19.1 Å². The number of hydrogen-bond donors (Lipinski definition) is 3. The number of nitrogens with one attached hydrogen (secondary N) is 2. The lowest BCUT2D eigenvalue weighted by molar-refractivity contribution is -0.114. The van der Waals surface area contributed by atoms with Crippen molar-refractivity contribution in [2.24, 2.45) is 0 Å². The van der Waals surface area contributed by atoms with Crippen molar-refractivity contribution in [2.75, 3.05) is 54.5 Å². The smallest absolute Gasteiger partial charge is 0.416 e. The Hall–Kier alpha value is -3.96. The molecule has 11 heteroatoms. The third kappa shape index (κ3) is 5.73. The zero-order valence-corrected chi connectivity index (χ0v) is 20.6. The number of rotatable bonds is 10. The van der Waals surface area contributed by atoms with Crippen LogP contribution in [-0.4, -0.2) is 67.6 Å². The van der Waals surface area contributed by atoms with Gasteiger partial charge in [0.1, 0.15) is 24.3 Å². The first-order valence-electron chi connectivity index (χ1n) is 11.9. The summed E-state index contributed by atoms with van der Waals surface area (Å²) in [6, 6.07) is 6.39. The molecular weight excluding hydrogens is 481 g/mol. The lowest BCUT2D eigenvalue weighted by Crippen LogP contribution is -2.35. The van der Waals surface area contributed by atoms with E-state index in [4.69, 9.17) is 9.47 Å². The van der Waals surface area contributed by atoms with Crippen molar-refractivity contribution in [3.8, 4) is 5.75 Å². The fourth-order valence-electron chi connectivity index (χ4n) is 4.34. The third-order valence-corrected chi connectivity index (χ3v) is 6.08. The van der Waals surface area contributed by atoms with Crippen molar-refractivity contribution in [2.45, 2.75) is 19.4 Å². The van der Waals surface area contributed by atoms with Gasteiger partial charge in [-0.25, -0.2) is 14.2 Å². The zero-order chi connectivity index (χ0) is 26.5. The van der Waals surface area contributed by atoms with E-state index >= 15 is 0 Å². The van der Waals surface area contributed by atoms with E-state index in [2.05, 4.69) is 28.8 Å². The van der Waals surface area contributed by atoms with Crippen LogP contribution in [0, 0.1) is 12.7 Å². The number of amides is 2. The van der Waals surface area contributed by atoms with Crippen molar-refractivity contribution in [1.29, 1.82) is 0 Å². The van der Waals surface area contributed by atoms with E-state index < -0.39 is 23.9 Å². The number of carbonyl (C=O) groups is 2. The third-order valence-electron chi connectivity index (χ3n) is 6.08. The molecule has 2 aromatic rings. The summed E-state index contributed by atoms with van der Waals surface area (Å²) >= 11 is 0. The van der Waals surface area contributed by atoms with Gasteiger partial charge in [0.15, 0.2) is 11.6 Å². The van der Waals surface area contributed by atoms with Gasteiger partial charge in [0.05, 0.1) is 18.8 Å². The Morgan fingerprint density at radius 2 is 2.22 bits per heavy atom. The number of fused-ring (bicyclic) bond motifs is 1. The van der Waals surface area contributed by atoms with E-state index in [0.29, 0.717) is 66.1 Å². The number of cyclic esters (lactones) is 1. The number of ether oxygens (including phenoxy) is 2. The average molecular weight is 512 g/mol. The maximum atomic E-state index is 14.8. The molecule has 0 radical (unpaired) electrons. The van der Waals surface area contributed by atoms with Crippen LogP contribution >= 0.6 is 0 Å². The Morgan fingerprint density at radius 3 is 2.97 bits per heavy atom. The highest BCUT2D eigenvalue weighted by Crippen LogP contribution is 2.32. The fraction of sp³-hybridized carbons (Fsp3) is 0.346. The summed E-state index contributed by atoms with van der Waals surface area (Å²) < 4.78 is 25.8. The van der Waals surface area contributed by atoms with Gasteiger partial charge in [0.25, 0.3) is 0 Å². The summed E-state index contributed by atoms with van der Waals surface area (Å²) in [5.41, 5.74) is 2.17. The molecule has 3 N–H and O–H groups in total. The van der Waals surface area contributed by atoms with Crippen LogP contribution in [0.1, 0.15) is 11.1 Å². The van der Waals surface area contributed by atoms with E-state index in [1.165, 1.54) is 15.9 Å². The second-order valence-electron chi connectivity index (χ2n) is 8.71. The van der Waals surface area contributed by atoms with Gasteiger partial charge in [-0.15, -0.1) is 0 Å². The Labute approximate surface area is 214 Å². The SMILES string of the molecule is C=CC(=O)N(CCO)c1c(C)ccc(F)c1CCNC[C@H]1CN(c2ccc3c(n2)NC(=C)CO3)C(=O)O1. The maximum Gasteiger partial charge on any atom is 0.416 e. The lowest BCUT2D eigenvalue weighted by Gasteiger charge is -2.26. The summed E-state index contributed by atoms with van der Waals surface area (Å²) in [5.74, 6) is 0.636. The van der Waals surface area contributed by atoms with Crippen LogP contribution in [0.15, 0.2) is 49.2 Å². The topological polar surface area (TPSA) is 116 Å². The van der Waals surface area contributed by atoms with Gasteiger partial charge >= 0.3 is 6.09 Å². The first-order chi connectivity index (χ1) is 17.8. The number of benzene rings is 1. The molecule has 0 saturated carbocycles. The van der Waals surface area contributed by atoms with Gasteiger partial charge in [-0.3, -0.25) is 9.69 Å². The molecule has 196 valence electrons. The van der Waals surface area contributed by atoms with E-state index in [1.54, 1.807) is 25.1 Å². The minimum atomic E-state index is -0.510. The average Bonchev–Trinajstić information content (AvgIpc) is 3.26. The van der Waals surface area contributed by atoms with Crippen LogP contribution in [0.2, 0.25) is 0 Å². The first kappa shape index (κ1) is 26.1. The molecule has 0 aliphatic carbocycles. The quantitative estimate of drug-likeness (QED) is 0.329. The minimum Gasteiger partial charge on any atom is -0.484 e. The number of pyridine rings is 1. The standard InChI is InChI=1S/C26H30FN5O5/c1-4-23(34)31(11-12-33)24-16(2)5-6-20(27)19(24)9-10-28-13-18-14-32(26(35)37-18)22-8-7-21-25(30-22)29-17(3)15-36-21/h4-8,18,28,33H,1,3,9-15H2,2H3,(H,29,30)/t18-/m0/s1. The number of carbonyl (C=O) groups excluding carboxylic acids is 2. The lowest BCUT2D eigenvalue weighted by atomic mass is 10.0. The largest absolute Gasteiger partial charge is 0.484 e. The summed E-state index contributed by atoms with van der Waals surface area (Å²) in [7, 11) is 0. The van der Waals surface area contributed by atoms with Gasteiger partial charge in [-0.1, -0.05) is 19.2 Å².